The van der Waals surface area contributed by atoms with Gasteiger partial charge in [0.25, 0.3) is 0 Å². The van der Waals surface area contributed by atoms with Crippen LogP contribution in [0.15, 0.2) is 29.6 Å². The van der Waals surface area contributed by atoms with Crippen LogP contribution in [-0.4, -0.2) is 48.9 Å². The van der Waals surface area contributed by atoms with E-state index in [2.05, 4.69) is 53.7 Å². The van der Waals surface area contributed by atoms with Gasteiger partial charge in [0, 0.05) is 24.6 Å². The number of aromatic nitrogens is 1. The molecule has 0 aliphatic heterocycles. The first-order valence-corrected chi connectivity index (χ1v) is 9.13. The van der Waals surface area contributed by atoms with E-state index in [9.17, 15) is 9.90 Å². The van der Waals surface area contributed by atoms with E-state index in [-0.39, 0.29) is 12.5 Å². The molecule has 0 saturated heterocycles. The van der Waals surface area contributed by atoms with Crippen LogP contribution in [0.25, 0.3) is 11.3 Å². The van der Waals surface area contributed by atoms with Gasteiger partial charge in [-0.25, -0.2) is 4.98 Å². The molecule has 0 aliphatic carbocycles. The van der Waals surface area contributed by atoms with Crippen molar-refractivity contribution in [3.63, 3.8) is 0 Å². The van der Waals surface area contributed by atoms with Gasteiger partial charge in [-0.2, -0.15) is 0 Å². The number of aliphatic hydroxyl groups is 1. The summed E-state index contributed by atoms with van der Waals surface area (Å²) in [5.74, 6) is 0.209. The summed E-state index contributed by atoms with van der Waals surface area (Å²) in [6.45, 7) is 4.84. The summed E-state index contributed by atoms with van der Waals surface area (Å²) >= 11 is 1.41. The highest BCUT2D eigenvalue weighted by atomic mass is 32.1. The molecule has 6 nitrogen and oxygen atoms in total. The molecule has 0 spiro atoms. The number of nitrogens with zero attached hydrogens (tertiary/aromatic N) is 1. The normalized spacial score (nSPS) is 12.2. The molecule has 1 amide bonds. The second-order valence-electron chi connectivity index (χ2n) is 5.98. The van der Waals surface area contributed by atoms with Crippen LogP contribution in [0.4, 0.5) is 5.13 Å². The van der Waals surface area contributed by atoms with Crippen LogP contribution in [0, 0.1) is 0 Å². The predicted octanol–water partition coefficient (Wildman–Crippen LogP) is 2.47. The van der Waals surface area contributed by atoms with Crippen LogP contribution in [0.3, 0.4) is 0 Å². The fourth-order valence-corrected chi connectivity index (χ4v) is 3.03. The van der Waals surface area contributed by atoms with Crippen molar-refractivity contribution in [2.45, 2.75) is 25.8 Å². The van der Waals surface area contributed by atoms with E-state index < -0.39 is 6.04 Å². The summed E-state index contributed by atoms with van der Waals surface area (Å²) in [6.07, 6.45) is 0. The van der Waals surface area contributed by atoms with Gasteiger partial charge in [0.05, 0.1) is 18.9 Å². The average molecular weight is 363 g/mol. The van der Waals surface area contributed by atoms with Crippen LogP contribution in [0.5, 0.6) is 0 Å². The molecule has 1 aromatic carbocycles. The Bertz CT molecular complexity index is 670. The number of ether oxygens (including phenoxy) is 1. The summed E-state index contributed by atoms with van der Waals surface area (Å²) in [4.78, 5) is 16.5. The SMILES string of the molecule is COCCNC(=O)[C@H](CO)Nc1nc(-c2ccc(C(C)C)cc2)cs1. The highest BCUT2D eigenvalue weighted by molar-refractivity contribution is 7.14. The Morgan fingerprint density at radius 3 is 2.64 bits per heavy atom. The zero-order chi connectivity index (χ0) is 18.2. The van der Waals surface area contributed by atoms with Gasteiger partial charge >= 0.3 is 0 Å². The minimum absolute atomic E-state index is 0.280. The molecule has 0 unspecified atom stereocenters. The van der Waals surface area contributed by atoms with Crippen LogP contribution < -0.4 is 10.6 Å². The summed E-state index contributed by atoms with van der Waals surface area (Å²) in [6, 6.07) is 7.57. The van der Waals surface area contributed by atoms with E-state index >= 15 is 0 Å². The smallest absolute Gasteiger partial charge is 0.245 e. The molecule has 0 aliphatic rings. The van der Waals surface area contributed by atoms with E-state index in [1.54, 1.807) is 7.11 Å². The molecule has 0 fully saturated rings. The van der Waals surface area contributed by atoms with Gasteiger partial charge in [0.1, 0.15) is 6.04 Å². The van der Waals surface area contributed by atoms with Crippen LogP contribution in [-0.2, 0) is 9.53 Å². The molecule has 2 aromatic rings. The molecular formula is C18H25N3O3S. The highest BCUT2D eigenvalue weighted by Crippen LogP contribution is 2.26. The zero-order valence-corrected chi connectivity index (χ0v) is 15.6. The van der Waals surface area contributed by atoms with E-state index in [0.29, 0.717) is 24.2 Å². The largest absolute Gasteiger partial charge is 0.394 e. The van der Waals surface area contributed by atoms with Crippen molar-refractivity contribution in [1.82, 2.24) is 10.3 Å². The molecule has 1 heterocycles. The lowest BCUT2D eigenvalue weighted by atomic mass is 10.0. The summed E-state index contributed by atoms with van der Waals surface area (Å²) < 4.78 is 4.89. The first-order valence-electron chi connectivity index (χ1n) is 8.25. The average Bonchev–Trinajstić information content (AvgIpc) is 3.08. The zero-order valence-electron chi connectivity index (χ0n) is 14.8. The quantitative estimate of drug-likeness (QED) is 0.596. The number of anilines is 1. The molecule has 3 N–H and O–H groups in total. The van der Waals surface area contributed by atoms with E-state index in [1.165, 1.54) is 16.9 Å². The lowest BCUT2D eigenvalue weighted by Crippen LogP contribution is -2.43. The molecule has 7 heteroatoms. The number of thiazole rings is 1. The monoisotopic (exact) mass is 363 g/mol. The number of nitrogens with one attached hydrogen (secondary N) is 2. The Hall–Kier alpha value is -1.96. The summed E-state index contributed by atoms with van der Waals surface area (Å²) in [7, 11) is 1.57. The van der Waals surface area contributed by atoms with Crippen LogP contribution in [0.1, 0.15) is 25.3 Å². The number of rotatable bonds is 9. The van der Waals surface area contributed by atoms with Gasteiger partial charge in [-0.1, -0.05) is 38.1 Å². The number of benzene rings is 1. The fourth-order valence-electron chi connectivity index (χ4n) is 2.25. The number of hydrogen-bond acceptors (Lipinski definition) is 6. The van der Waals surface area contributed by atoms with E-state index in [0.717, 1.165) is 11.3 Å². The topological polar surface area (TPSA) is 83.5 Å². The van der Waals surface area contributed by atoms with Gasteiger partial charge < -0.3 is 20.5 Å². The van der Waals surface area contributed by atoms with Gasteiger partial charge in [-0.05, 0) is 11.5 Å². The molecule has 0 bridgehead atoms. The van der Waals surface area contributed by atoms with Crippen molar-refractivity contribution in [3.8, 4) is 11.3 Å². The fraction of sp³-hybridized carbons (Fsp3) is 0.444. The molecule has 1 aromatic heterocycles. The lowest BCUT2D eigenvalue weighted by molar-refractivity contribution is -0.122. The Balaban J connectivity index is 2.00. The van der Waals surface area contributed by atoms with Gasteiger partial charge in [0.2, 0.25) is 5.91 Å². The minimum atomic E-state index is -0.737. The highest BCUT2D eigenvalue weighted by Gasteiger charge is 2.18. The van der Waals surface area contributed by atoms with Crippen molar-refractivity contribution in [1.29, 1.82) is 0 Å². The standard InChI is InChI=1S/C18H25N3O3S/c1-12(2)13-4-6-14(7-5-13)16-11-25-18(21-16)20-15(10-22)17(23)19-8-9-24-3/h4-7,11-12,15,22H,8-10H2,1-3H3,(H,19,23)(H,20,21)/t15-/m0/s1. The maximum absolute atomic E-state index is 12.0. The third kappa shape index (κ3) is 5.52. The summed E-state index contributed by atoms with van der Waals surface area (Å²) in [5, 5.41) is 17.7. The number of carbonyl (C=O) groups is 1. The Kier molecular flexibility index (Phi) is 7.36. The van der Waals surface area contributed by atoms with Gasteiger partial charge in [-0.15, -0.1) is 11.3 Å². The molecule has 0 radical (unpaired) electrons. The second-order valence-corrected chi connectivity index (χ2v) is 6.84. The minimum Gasteiger partial charge on any atom is -0.394 e. The molecule has 0 saturated carbocycles. The third-order valence-electron chi connectivity index (χ3n) is 3.78. The van der Waals surface area contributed by atoms with Crippen LogP contribution >= 0.6 is 11.3 Å². The summed E-state index contributed by atoms with van der Waals surface area (Å²) in [5.41, 5.74) is 3.16. The lowest BCUT2D eigenvalue weighted by Gasteiger charge is -2.15. The van der Waals surface area contributed by atoms with Crippen LogP contribution in [0.2, 0.25) is 0 Å². The van der Waals surface area contributed by atoms with Gasteiger partial charge in [-0.3, -0.25) is 4.79 Å². The van der Waals surface area contributed by atoms with Crippen molar-refractivity contribution in [2.24, 2.45) is 0 Å². The predicted molar refractivity (Wildman–Crippen MR) is 101 cm³/mol. The van der Waals surface area contributed by atoms with E-state index in [4.69, 9.17) is 4.74 Å². The molecule has 2 rings (SSSR count). The van der Waals surface area contributed by atoms with Crippen molar-refractivity contribution in [2.75, 3.05) is 32.2 Å². The van der Waals surface area contributed by atoms with Crippen molar-refractivity contribution in [3.05, 3.63) is 35.2 Å². The maximum Gasteiger partial charge on any atom is 0.245 e. The van der Waals surface area contributed by atoms with E-state index in [1.807, 2.05) is 5.38 Å². The van der Waals surface area contributed by atoms with Crippen molar-refractivity contribution < 1.29 is 14.6 Å². The molecule has 136 valence electrons. The molecular weight excluding hydrogens is 338 g/mol. The van der Waals surface area contributed by atoms with Crippen molar-refractivity contribution >= 4 is 22.4 Å². The van der Waals surface area contributed by atoms with Gasteiger partial charge in [0.15, 0.2) is 5.13 Å². The number of amides is 1. The Morgan fingerprint density at radius 1 is 1.32 bits per heavy atom. The molecule has 1 atom stereocenters. The first kappa shape index (κ1) is 19.4. The first-order chi connectivity index (χ1) is 12.0. The Morgan fingerprint density at radius 2 is 2.04 bits per heavy atom. The number of hydrogen-bond donors (Lipinski definition) is 3. The maximum atomic E-state index is 12.0. The molecule has 25 heavy (non-hydrogen) atoms. The number of methoxy groups -OCH3 is 1. The Labute approximate surface area is 152 Å². The second kappa shape index (κ2) is 9.50. The number of carbonyl (C=O) groups excluding carboxylic acids is 1. The third-order valence-corrected chi connectivity index (χ3v) is 4.55. The number of aliphatic hydroxyl groups excluding tert-OH is 1.